The van der Waals surface area contributed by atoms with E-state index in [4.69, 9.17) is 4.74 Å². The summed E-state index contributed by atoms with van der Waals surface area (Å²) in [6, 6.07) is 7.79. The summed E-state index contributed by atoms with van der Waals surface area (Å²) in [4.78, 5) is 38.3. The molecule has 1 aliphatic rings. The van der Waals surface area contributed by atoms with Crippen molar-refractivity contribution in [2.24, 2.45) is 0 Å². The van der Waals surface area contributed by atoms with Crippen molar-refractivity contribution >= 4 is 26.3 Å². The largest absolute Gasteiger partial charge is 0.361 e. The van der Waals surface area contributed by atoms with Crippen molar-refractivity contribution < 1.29 is 19.1 Å². The van der Waals surface area contributed by atoms with E-state index in [1.54, 1.807) is 23.1 Å². The van der Waals surface area contributed by atoms with Crippen LogP contribution in [0.1, 0.15) is 22.3 Å². The van der Waals surface area contributed by atoms with Gasteiger partial charge in [0.25, 0.3) is 0 Å². The lowest BCUT2D eigenvalue weighted by atomic mass is 10.1. The molecule has 1 saturated heterocycles. The maximum atomic E-state index is 12.6. The summed E-state index contributed by atoms with van der Waals surface area (Å²) in [6.07, 6.45) is 1.07. The topological polar surface area (TPSA) is 66.9 Å². The normalized spacial score (nSPS) is 15.6. The predicted octanol–water partition coefficient (Wildman–Crippen LogP) is 2.97. The number of amides is 3. The van der Waals surface area contributed by atoms with E-state index in [1.165, 1.54) is 4.90 Å². The van der Waals surface area contributed by atoms with E-state index in [9.17, 15) is 14.4 Å². The lowest BCUT2D eigenvalue weighted by Gasteiger charge is -2.34. The van der Waals surface area contributed by atoms with E-state index in [2.05, 4.69) is 19.6 Å². The molecule has 0 aliphatic carbocycles. The Kier molecular flexibility index (Phi) is 6.49. The highest BCUT2D eigenvalue weighted by Crippen LogP contribution is 2.16. The van der Waals surface area contributed by atoms with Gasteiger partial charge in [-0.15, -0.1) is 0 Å². The number of carbonyl (C=O) groups excluding carboxylic acids is 3. The Balaban J connectivity index is 1.94. The highest BCUT2D eigenvalue weighted by molar-refractivity contribution is 6.76. The fourth-order valence-corrected chi connectivity index (χ4v) is 3.29. The average Bonchev–Trinajstić information content (AvgIpc) is 2.56. The number of nitrogens with zero attached hydrogens (tertiary/aromatic N) is 2. The molecule has 1 aliphatic heterocycles. The highest BCUT2D eigenvalue weighted by Gasteiger charge is 2.32. The molecule has 0 N–H and O–H groups in total. The number of imide groups is 1. The maximum absolute atomic E-state index is 12.6. The van der Waals surface area contributed by atoms with Crippen molar-refractivity contribution in [2.75, 3.05) is 19.9 Å². The van der Waals surface area contributed by atoms with Gasteiger partial charge in [-0.05, 0) is 17.7 Å². The second-order valence-corrected chi connectivity index (χ2v) is 13.1. The van der Waals surface area contributed by atoms with E-state index < -0.39 is 8.07 Å². The fourth-order valence-electron chi connectivity index (χ4n) is 2.53. The molecule has 3 amide bonds. The van der Waals surface area contributed by atoms with Crippen LogP contribution in [0.4, 0.5) is 4.79 Å². The lowest BCUT2D eigenvalue weighted by Crippen LogP contribution is -2.52. The molecule has 0 saturated carbocycles. The summed E-state index contributed by atoms with van der Waals surface area (Å²) in [7, 11) is -1.20. The van der Waals surface area contributed by atoms with E-state index in [0.717, 1.165) is 17.9 Å². The van der Waals surface area contributed by atoms with Gasteiger partial charge >= 0.3 is 6.03 Å². The zero-order valence-electron chi connectivity index (χ0n) is 15.2. The second kappa shape index (κ2) is 8.40. The fraction of sp³-hybridized carbons (Fsp3) is 0.500. The molecule has 25 heavy (non-hydrogen) atoms. The van der Waals surface area contributed by atoms with Crippen molar-refractivity contribution in [3.63, 3.8) is 0 Å². The number of hydrogen-bond donors (Lipinski definition) is 0. The Morgan fingerprint density at radius 3 is 2.68 bits per heavy atom. The first kappa shape index (κ1) is 19.3. The second-order valence-electron chi connectivity index (χ2n) is 7.49. The zero-order chi connectivity index (χ0) is 18.4. The number of urea groups is 1. The number of benzene rings is 1. The van der Waals surface area contributed by atoms with Crippen LogP contribution in [0.3, 0.4) is 0 Å². The summed E-state index contributed by atoms with van der Waals surface area (Å²) in [5.74, 6) is -0.198. The lowest BCUT2D eigenvalue weighted by molar-refractivity contribution is -0.135. The van der Waals surface area contributed by atoms with Crippen LogP contribution >= 0.6 is 0 Å². The van der Waals surface area contributed by atoms with Gasteiger partial charge in [-0.2, -0.15) is 0 Å². The summed E-state index contributed by atoms with van der Waals surface area (Å²) in [6.45, 7) is 8.09. The molecule has 0 bridgehead atoms. The molecular weight excluding hydrogens is 336 g/mol. The van der Waals surface area contributed by atoms with Gasteiger partial charge in [0, 0.05) is 39.8 Å². The van der Waals surface area contributed by atoms with Crippen LogP contribution in [-0.2, 0) is 16.1 Å². The molecule has 1 fully saturated rings. The molecule has 0 aromatic heterocycles. The number of carbonyl (C=O) groups is 3. The van der Waals surface area contributed by atoms with Crippen molar-refractivity contribution in [2.45, 2.75) is 38.7 Å². The highest BCUT2D eigenvalue weighted by atomic mass is 28.3. The Morgan fingerprint density at radius 1 is 1.24 bits per heavy atom. The predicted molar refractivity (Wildman–Crippen MR) is 98.1 cm³/mol. The van der Waals surface area contributed by atoms with Crippen LogP contribution in [0.25, 0.3) is 0 Å². The van der Waals surface area contributed by atoms with Crippen LogP contribution in [-0.4, -0.2) is 56.0 Å². The smallest absolute Gasteiger partial charge is 0.328 e. The van der Waals surface area contributed by atoms with Gasteiger partial charge in [0.15, 0.2) is 0 Å². The Bertz CT molecular complexity index is 642. The minimum atomic E-state index is -1.20. The van der Waals surface area contributed by atoms with Crippen molar-refractivity contribution in [3.8, 4) is 0 Å². The third-order valence-corrected chi connectivity index (χ3v) is 5.78. The van der Waals surface area contributed by atoms with Gasteiger partial charge in [-0.3, -0.25) is 9.59 Å². The molecule has 1 aromatic rings. The zero-order valence-corrected chi connectivity index (χ0v) is 16.2. The van der Waals surface area contributed by atoms with Gasteiger partial charge < -0.3 is 9.64 Å². The monoisotopic (exact) mass is 362 g/mol. The van der Waals surface area contributed by atoms with Gasteiger partial charge in [0.1, 0.15) is 13.0 Å². The van der Waals surface area contributed by atoms with Crippen LogP contribution in [0.2, 0.25) is 25.7 Å². The van der Waals surface area contributed by atoms with E-state index >= 15 is 0 Å². The number of ether oxygens (including phenoxy) is 1. The van der Waals surface area contributed by atoms with Crippen molar-refractivity contribution in [1.82, 2.24) is 9.80 Å². The first-order valence-electron chi connectivity index (χ1n) is 8.51. The Morgan fingerprint density at radius 2 is 2.00 bits per heavy atom. The van der Waals surface area contributed by atoms with Crippen LogP contribution < -0.4 is 0 Å². The standard InChI is InChI=1S/C18H26N2O4Si/c1-25(2,3)10-9-24-14-20-17(22)7-8-19(18(20)23)12-15-5-4-6-16(11-15)13-21/h4-6,11,13H,7-10,12,14H2,1-3H3. The maximum Gasteiger partial charge on any atom is 0.328 e. The van der Waals surface area contributed by atoms with Crippen LogP contribution in [0.15, 0.2) is 24.3 Å². The first-order valence-corrected chi connectivity index (χ1v) is 12.2. The number of rotatable bonds is 8. The molecule has 0 radical (unpaired) electrons. The Labute approximate surface area is 149 Å². The molecule has 2 rings (SSSR count). The summed E-state index contributed by atoms with van der Waals surface area (Å²) < 4.78 is 5.57. The van der Waals surface area contributed by atoms with Crippen LogP contribution in [0, 0.1) is 0 Å². The molecule has 6 nitrogen and oxygen atoms in total. The Hall–Kier alpha value is -1.99. The first-order chi connectivity index (χ1) is 11.8. The molecular formula is C18H26N2O4Si. The summed E-state index contributed by atoms with van der Waals surface area (Å²) in [5.41, 5.74) is 1.44. The minimum Gasteiger partial charge on any atom is -0.361 e. The van der Waals surface area contributed by atoms with Crippen LogP contribution in [0.5, 0.6) is 0 Å². The SMILES string of the molecule is C[Si](C)(C)CCOCN1C(=O)CCN(Cc2cccc(C=O)c2)C1=O. The molecule has 136 valence electrons. The van der Waals surface area contributed by atoms with Gasteiger partial charge in [0.2, 0.25) is 5.91 Å². The number of aldehydes is 1. The van der Waals surface area contributed by atoms with Crippen molar-refractivity contribution in [1.29, 1.82) is 0 Å². The molecule has 1 aromatic carbocycles. The molecule has 0 spiro atoms. The van der Waals surface area contributed by atoms with Gasteiger partial charge in [0.05, 0.1) is 0 Å². The van der Waals surface area contributed by atoms with Crippen molar-refractivity contribution in [3.05, 3.63) is 35.4 Å². The molecule has 1 heterocycles. The van der Waals surface area contributed by atoms with Gasteiger partial charge in [-0.25, -0.2) is 9.69 Å². The average molecular weight is 363 g/mol. The van der Waals surface area contributed by atoms with E-state index in [0.29, 0.717) is 25.3 Å². The van der Waals surface area contributed by atoms with Gasteiger partial charge in [-0.1, -0.05) is 37.8 Å². The van der Waals surface area contributed by atoms with E-state index in [-0.39, 0.29) is 25.1 Å². The molecule has 0 unspecified atom stereocenters. The minimum absolute atomic E-state index is 0.00697. The number of hydrogen-bond acceptors (Lipinski definition) is 4. The quantitative estimate of drug-likeness (QED) is 0.405. The molecule has 7 heteroatoms. The summed E-state index contributed by atoms with van der Waals surface area (Å²) >= 11 is 0. The van der Waals surface area contributed by atoms with E-state index in [1.807, 2.05) is 6.07 Å². The molecule has 0 atom stereocenters. The third-order valence-electron chi connectivity index (χ3n) is 4.08. The third kappa shape index (κ3) is 5.79. The summed E-state index contributed by atoms with van der Waals surface area (Å²) in [5, 5.41) is 0.